The van der Waals surface area contributed by atoms with Crippen LogP contribution in [0.1, 0.15) is 36.1 Å². The standard InChI is InChI=1S/C21H23F3N4O2/c22-21(23,24)30-18-9-2-1-5-15(18)12-25-20(29)16-7-4-10-28(13-16)19-11-14-6-3-8-17(14)26-27-19/h1-2,5,9,11,16H,3-4,6-8,10,12-13H2,(H,25,29)/t16-/m0/s1. The van der Waals surface area contributed by atoms with E-state index in [9.17, 15) is 18.0 Å². The van der Waals surface area contributed by atoms with Gasteiger partial charge in [-0.05, 0) is 49.8 Å². The fraction of sp³-hybridized carbons (Fsp3) is 0.476. The zero-order chi connectivity index (χ0) is 21.1. The Balaban J connectivity index is 1.37. The Morgan fingerprint density at radius 3 is 2.87 bits per heavy atom. The predicted octanol–water partition coefficient (Wildman–Crippen LogP) is 3.40. The number of hydrogen-bond donors (Lipinski definition) is 1. The van der Waals surface area contributed by atoms with Crippen molar-refractivity contribution in [2.75, 3.05) is 18.0 Å². The van der Waals surface area contributed by atoms with Crippen molar-refractivity contribution >= 4 is 11.7 Å². The molecule has 1 atom stereocenters. The van der Waals surface area contributed by atoms with Crippen molar-refractivity contribution in [2.24, 2.45) is 5.92 Å². The quantitative estimate of drug-likeness (QED) is 0.803. The number of para-hydroxylation sites is 1. The number of carbonyl (C=O) groups excluding carboxylic acids is 1. The highest BCUT2D eigenvalue weighted by Crippen LogP contribution is 2.28. The van der Waals surface area contributed by atoms with E-state index in [2.05, 4.69) is 31.2 Å². The molecule has 9 heteroatoms. The van der Waals surface area contributed by atoms with Gasteiger partial charge in [0.25, 0.3) is 0 Å². The van der Waals surface area contributed by atoms with E-state index in [-0.39, 0.29) is 29.7 Å². The minimum atomic E-state index is -4.78. The number of aryl methyl sites for hydroxylation is 2. The third kappa shape index (κ3) is 4.83. The largest absolute Gasteiger partial charge is 0.573 e. The average Bonchev–Trinajstić information content (AvgIpc) is 3.20. The number of fused-ring (bicyclic) bond motifs is 1. The highest BCUT2D eigenvalue weighted by atomic mass is 19.4. The first kappa shape index (κ1) is 20.4. The summed E-state index contributed by atoms with van der Waals surface area (Å²) < 4.78 is 41.8. The average molecular weight is 420 g/mol. The van der Waals surface area contributed by atoms with Crippen LogP contribution in [-0.2, 0) is 24.2 Å². The summed E-state index contributed by atoms with van der Waals surface area (Å²) in [5.74, 6) is 0.0428. The number of benzene rings is 1. The van der Waals surface area contributed by atoms with Crippen molar-refractivity contribution in [3.8, 4) is 5.75 Å². The molecule has 1 aliphatic heterocycles. The molecule has 1 saturated heterocycles. The zero-order valence-corrected chi connectivity index (χ0v) is 16.4. The number of amides is 1. The smallest absolute Gasteiger partial charge is 0.405 e. The van der Waals surface area contributed by atoms with Crippen molar-refractivity contribution in [1.82, 2.24) is 15.5 Å². The summed E-state index contributed by atoms with van der Waals surface area (Å²) in [6, 6.07) is 7.89. The molecule has 4 rings (SSSR count). The second-order valence-electron chi connectivity index (χ2n) is 7.69. The van der Waals surface area contributed by atoms with Gasteiger partial charge in [0.2, 0.25) is 5.91 Å². The lowest BCUT2D eigenvalue weighted by Gasteiger charge is -2.32. The van der Waals surface area contributed by atoms with Gasteiger partial charge >= 0.3 is 6.36 Å². The molecule has 2 aromatic rings. The topological polar surface area (TPSA) is 67.3 Å². The number of halogens is 3. The fourth-order valence-electron chi connectivity index (χ4n) is 4.07. The fourth-order valence-corrected chi connectivity index (χ4v) is 4.07. The Bertz CT molecular complexity index is 919. The minimum Gasteiger partial charge on any atom is -0.405 e. The zero-order valence-electron chi connectivity index (χ0n) is 16.4. The second-order valence-corrected chi connectivity index (χ2v) is 7.69. The normalized spacial score (nSPS) is 18.8. The van der Waals surface area contributed by atoms with Gasteiger partial charge in [-0.1, -0.05) is 18.2 Å². The molecule has 30 heavy (non-hydrogen) atoms. The van der Waals surface area contributed by atoms with Crippen molar-refractivity contribution in [2.45, 2.75) is 45.0 Å². The van der Waals surface area contributed by atoms with Crippen molar-refractivity contribution in [1.29, 1.82) is 0 Å². The molecule has 1 aromatic carbocycles. The SMILES string of the molecule is O=C(NCc1ccccc1OC(F)(F)F)[C@H]1CCCN(c2cc3c(nn2)CCC3)C1. The molecule has 0 unspecified atom stereocenters. The Morgan fingerprint density at radius 1 is 1.20 bits per heavy atom. The van der Waals surface area contributed by atoms with E-state index in [1.165, 1.54) is 23.8 Å². The van der Waals surface area contributed by atoms with Crippen molar-refractivity contribution in [3.05, 3.63) is 47.2 Å². The molecular formula is C21H23F3N4O2. The lowest BCUT2D eigenvalue weighted by atomic mass is 9.97. The van der Waals surface area contributed by atoms with E-state index < -0.39 is 6.36 Å². The van der Waals surface area contributed by atoms with Gasteiger partial charge in [-0.25, -0.2) is 0 Å². The lowest BCUT2D eigenvalue weighted by Crippen LogP contribution is -2.43. The summed E-state index contributed by atoms with van der Waals surface area (Å²) in [4.78, 5) is 14.8. The number of rotatable bonds is 5. The molecular weight excluding hydrogens is 397 g/mol. The molecule has 160 valence electrons. The summed E-state index contributed by atoms with van der Waals surface area (Å²) in [5.41, 5.74) is 2.57. The molecule has 0 saturated carbocycles. The van der Waals surface area contributed by atoms with Crippen molar-refractivity contribution in [3.63, 3.8) is 0 Å². The van der Waals surface area contributed by atoms with E-state index in [0.717, 1.165) is 50.2 Å². The molecule has 0 radical (unpaired) electrons. The summed E-state index contributed by atoms with van der Waals surface area (Å²) in [5, 5.41) is 11.4. The summed E-state index contributed by atoms with van der Waals surface area (Å²) >= 11 is 0. The van der Waals surface area contributed by atoms with Gasteiger partial charge < -0.3 is 15.0 Å². The van der Waals surface area contributed by atoms with E-state index in [0.29, 0.717) is 6.54 Å². The molecule has 0 bridgehead atoms. The number of anilines is 1. The highest BCUT2D eigenvalue weighted by molar-refractivity contribution is 5.79. The number of ether oxygens (including phenoxy) is 1. The molecule has 0 spiro atoms. The molecule has 2 heterocycles. The molecule has 6 nitrogen and oxygen atoms in total. The maximum atomic E-state index is 12.7. The molecule has 2 aliphatic rings. The molecule has 1 aliphatic carbocycles. The Kier molecular flexibility index (Phi) is 5.78. The monoisotopic (exact) mass is 420 g/mol. The van der Waals surface area contributed by atoms with Crippen LogP contribution in [0.3, 0.4) is 0 Å². The minimum absolute atomic E-state index is 0.0275. The van der Waals surface area contributed by atoms with E-state index in [1.807, 2.05) is 0 Å². The van der Waals surface area contributed by atoms with E-state index >= 15 is 0 Å². The van der Waals surface area contributed by atoms with E-state index in [1.54, 1.807) is 6.07 Å². The third-order valence-electron chi connectivity index (χ3n) is 5.57. The van der Waals surface area contributed by atoms with E-state index in [4.69, 9.17) is 0 Å². The summed E-state index contributed by atoms with van der Waals surface area (Å²) in [6.07, 6.45) is -0.146. The van der Waals surface area contributed by atoms with Gasteiger partial charge in [-0.2, -0.15) is 5.10 Å². The molecule has 1 fully saturated rings. The van der Waals surface area contributed by atoms with Gasteiger partial charge in [0.15, 0.2) is 5.82 Å². The molecule has 1 N–H and O–H groups in total. The van der Waals surface area contributed by atoms with Crippen LogP contribution >= 0.6 is 0 Å². The number of nitrogens with zero attached hydrogens (tertiary/aromatic N) is 3. The lowest BCUT2D eigenvalue weighted by molar-refractivity contribution is -0.274. The van der Waals surface area contributed by atoms with Crippen LogP contribution in [0.2, 0.25) is 0 Å². The van der Waals surface area contributed by atoms with Crippen LogP contribution in [-0.4, -0.2) is 35.6 Å². The van der Waals surface area contributed by atoms with Gasteiger partial charge in [-0.15, -0.1) is 18.3 Å². The Hall–Kier alpha value is -2.84. The Labute approximate surface area is 172 Å². The third-order valence-corrected chi connectivity index (χ3v) is 5.57. The number of carbonyl (C=O) groups is 1. The first-order chi connectivity index (χ1) is 14.4. The van der Waals surface area contributed by atoms with Crippen LogP contribution in [0.5, 0.6) is 5.75 Å². The van der Waals surface area contributed by atoms with Gasteiger partial charge in [0.1, 0.15) is 5.75 Å². The molecule has 1 amide bonds. The second kappa shape index (κ2) is 8.49. The number of nitrogens with one attached hydrogen (secondary N) is 1. The maximum Gasteiger partial charge on any atom is 0.573 e. The first-order valence-electron chi connectivity index (χ1n) is 10.1. The van der Waals surface area contributed by atoms with Gasteiger partial charge in [-0.3, -0.25) is 4.79 Å². The number of alkyl halides is 3. The van der Waals surface area contributed by atoms with Gasteiger partial charge in [0.05, 0.1) is 11.6 Å². The van der Waals surface area contributed by atoms with Crippen LogP contribution in [0.25, 0.3) is 0 Å². The summed E-state index contributed by atoms with van der Waals surface area (Å²) in [6.45, 7) is 1.29. The maximum absolute atomic E-state index is 12.7. The van der Waals surface area contributed by atoms with Crippen molar-refractivity contribution < 1.29 is 22.7 Å². The van der Waals surface area contributed by atoms with Gasteiger partial charge in [0, 0.05) is 25.2 Å². The number of piperidine rings is 1. The van der Waals surface area contributed by atoms with Crippen LogP contribution in [0.15, 0.2) is 30.3 Å². The number of aromatic nitrogens is 2. The number of hydrogen-bond acceptors (Lipinski definition) is 5. The first-order valence-corrected chi connectivity index (χ1v) is 10.1. The Morgan fingerprint density at radius 2 is 2.03 bits per heavy atom. The predicted molar refractivity (Wildman–Crippen MR) is 104 cm³/mol. The van der Waals surface area contributed by atoms with Crippen LogP contribution < -0.4 is 15.0 Å². The van der Waals surface area contributed by atoms with Crippen LogP contribution in [0.4, 0.5) is 19.0 Å². The highest BCUT2D eigenvalue weighted by Gasteiger charge is 2.32. The summed E-state index contributed by atoms with van der Waals surface area (Å²) in [7, 11) is 0. The molecule has 1 aromatic heterocycles. The van der Waals surface area contributed by atoms with Crippen LogP contribution in [0, 0.1) is 5.92 Å².